The Labute approximate surface area is 291 Å². The minimum atomic E-state index is -2.99. The smallest absolute Gasteiger partial charge is 0.410 e. The SMILES string of the molecule is Cc1cc2c(cc1C1CCN(C(=O)OC(C)(C)C)CC1(F)F)CN=C2.Cc1cc2c(cc1C1CCN(C(=O)OC(C)(C)C)CC1(F)F)CN=C2. The molecule has 0 radical (unpaired) electrons. The summed E-state index contributed by atoms with van der Waals surface area (Å²) in [5, 5.41) is 0. The third kappa shape index (κ3) is 8.49. The van der Waals surface area contributed by atoms with Crippen molar-refractivity contribution in [1.82, 2.24) is 9.80 Å². The number of halogens is 4. The molecule has 6 rings (SSSR count). The average Bonchev–Trinajstić information content (AvgIpc) is 3.63. The van der Waals surface area contributed by atoms with Crippen molar-refractivity contribution in [2.24, 2.45) is 9.98 Å². The lowest BCUT2D eigenvalue weighted by Crippen LogP contribution is -2.51. The van der Waals surface area contributed by atoms with E-state index in [0.717, 1.165) is 43.2 Å². The number of carbonyl (C=O) groups excluding carboxylic acids is 2. The highest BCUT2D eigenvalue weighted by Gasteiger charge is 2.49. The molecule has 0 N–H and O–H groups in total. The van der Waals surface area contributed by atoms with Gasteiger partial charge in [-0.15, -0.1) is 0 Å². The van der Waals surface area contributed by atoms with Crippen LogP contribution in [-0.4, -0.2) is 83.6 Å². The highest BCUT2D eigenvalue weighted by molar-refractivity contribution is 5.85. The Kier molecular flexibility index (Phi) is 10.2. The van der Waals surface area contributed by atoms with Crippen LogP contribution in [0, 0.1) is 13.8 Å². The van der Waals surface area contributed by atoms with E-state index < -0.39 is 60.2 Å². The number of carbonyl (C=O) groups is 2. The van der Waals surface area contributed by atoms with E-state index in [4.69, 9.17) is 9.47 Å². The van der Waals surface area contributed by atoms with Gasteiger partial charge in [-0.05, 0) is 125 Å². The fourth-order valence-corrected chi connectivity index (χ4v) is 6.95. The highest BCUT2D eigenvalue weighted by atomic mass is 19.3. The van der Waals surface area contributed by atoms with Crippen LogP contribution in [0.2, 0.25) is 0 Å². The number of likely N-dealkylation sites (tertiary alicyclic amines) is 2. The first-order valence-electron chi connectivity index (χ1n) is 17.1. The molecule has 0 spiro atoms. The molecule has 2 aromatic rings. The summed E-state index contributed by atoms with van der Waals surface area (Å²) in [6.07, 6.45) is 2.65. The molecule has 12 heteroatoms. The molecule has 272 valence electrons. The number of ether oxygens (including phenoxy) is 2. The van der Waals surface area contributed by atoms with Gasteiger partial charge in [0.15, 0.2) is 0 Å². The summed E-state index contributed by atoms with van der Waals surface area (Å²) < 4.78 is 69.9. The van der Waals surface area contributed by atoms with Gasteiger partial charge in [0.2, 0.25) is 0 Å². The van der Waals surface area contributed by atoms with E-state index in [1.165, 1.54) is 0 Å². The van der Waals surface area contributed by atoms with Crippen molar-refractivity contribution < 1.29 is 36.6 Å². The Hall–Kier alpha value is -3.96. The van der Waals surface area contributed by atoms with Gasteiger partial charge in [-0.3, -0.25) is 9.98 Å². The van der Waals surface area contributed by atoms with Crippen LogP contribution >= 0.6 is 0 Å². The lowest BCUT2D eigenvalue weighted by Gasteiger charge is -2.39. The Morgan fingerprint density at radius 2 is 1.04 bits per heavy atom. The van der Waals surface area contributed by atoms with Crippen molar-refractivity contribution >= 4 is 24.6 Å². The monoisotopic (exact) mass is 700 g/mol. The summed E-state index contributed by atoms with van der Waals surface area (Å²) in [4.78, 5) is 34.9. The zero-order chi connectivity index (χ0) is 36.8. The molecule has 2 saturated heterocycles. The van der Waals surface area contributed by atoms with Crippen LogP contribution in [0.5, 0.6) is 0 Å². The molecule has 4 heterocycles. The van der Waals surface area contributed by atoms with Crippen molar-refractivity contribution in [2.45, 2.75) is 116 Å². The molecule has 2 fully saturated rings. The normalized spacial score (nSPS) is 22.0. The van der Waals surface area contributed by atoms with Crippen molar-refractivity contribution in [3.63, 3.8) is 0 Å². The summed E-state index contributed by atoms with van der Waals surface area (Å²) in [5.74, 6) is -7.77. The molecule has 4 aliphatic rings. The van der Waals surface area contributed by atoms with Crippen molar-refractivity contribution in [3.05, 3.63) is 68.8 Å². The molecule has 0 aromatic heterocycles. The minimum absolute atomic E-state index is 0.215. The Morgan fingerprint density at radius 1 is 0.680 bits per heavy atom. The maximum absolute atomic E-state index is 14.8. The predicted molar refractivity (Wildman–Crippen MR) is 185 cm³/mol. The highest BCUT2D eigenvalue weighted by Crippen LogP contribution is 2.44. The van der Waals surface area contributed by atoms with Crippen LogP contribution in [0.15, 0.2) is 34.3 Å². The van der Waals surface area contributed by atoms with E-state index in [0.29, 0.717) is 24.2 Å². The van der Waals surface area contributed by atoms with E-state index in [1.54, 1.807) is 54.0 Å². The van der Waals surface area contributed by atoms with Gasteiger partial charge >= 0.3 is 12.2 Å². The molecular formula is C38H48F4N4O4. The van der Waals surface area contributed by atoms with Gasteiger partial charge in [-0.2, -0.15) is 0 Å². The number of hydrogen-bond donors (Lipinski definition) is 0. The van der Waals surface area contributed by atoms with Gasteiger partial charge in [-0.25, -0.2) is 27.2 Å². The number of benzene rings is 2. The van der Waals surface area contributed by atoms with E-state index in [9.17, 15) is 27.2 Å². The second-order valence-corrected chi connectivity index (χ2v) is 15.8. The number of hydrogen-bond acceptors (Lipinski definition) is 6. The number of rotatable bonds is 2. The van der Waals surface area contributed by atoms with E-state index in [-0.39, 0.29) is 25.9 Å². The number of alkyl halides is 4. The van der Waals surface area contributed by atoms with E-state index in [2.05, 4.69) is 9.98 Å². The quantitative estimate of drug-likeness (QED) is 0.294. The van der Waals surface area contributed by atoms with Gasteiger partial charge in [0.05, 0.1) is 38.0 Å². The van der Waals surface area contributed by atoms with Crippen LogP contribution in [0.4, 0.5) is 27.2 Å². The molecular weight excluding hydrogens is 652 g/mol. The minimum Gasteiger partial charge on any atom is -0.444 e. The lowest BCUT2D eigenvalue weighted by atomic mass is 9.82. The second kappa shape index (κ2) is 13.6. The van der Waals surface area contributed by atoms with Crippen LogP contribution in [0.3, 0.4) is 0 Å². The summed E-state index contributed by atoms with van der Waals surface area (Å²) in [6.45, 7) is 14.5. The third-order valence-corrected chi connectivity index (χ3v) is 9.29. The maximum Gasteiger partial charge on any atom is 0.410 e. The second-order valence-electron chi connectivity index (χ2n) is 15.8. The topological polar surface area (TPSA) is 83.8 Å². The Morgan fingerprint density at radius 3 is 1.36 bits per heavy atom. The standard InChI is InChI=1S/2C19H24F2N2O2/c2*1-12-7-13-9-22-10-14(13)8-15(12)16-5-6-23(11-19(16,20)21)17(24)25-18(2,3)4/h2*7-9,16H,5-6,10-11H2,1-4H3. The van der Waals surface area contributed by atoms with Crippen LogP contribution in [-0.2, 0) is 22.6 Å². The van der Waals surface area contributed by atoms with Gasteiger partial charge in [0.1, 0.15) is 11.2 Å². The molecule has 50 heavy (non-hydrogen) atoms. The van der Waals surface area contributed by atoms with Crippen molar-refractivity contribution in [2.75, 3.05) is 26.2 Å². The molecule has 0 bridgehead atoms. The summed E-state index contributed by atoms with van der Waals surface area (Å²) in [6, 6.07) is 7.58. The first kappa shape index (κ1) is 37.3. The Bertz CT molecular complexity index is 1570. The molecule has 4 aliphatic heterocycles. The molecule has 2 aromatic carbocycles. The summed E-state index contributed by atoms with van der Waals surface area (Å²) in [7, 11) is 0. The summed E-state index contributed by atoms with van der Waals surface area (Å²) in [5.41, 5.74) is 5.64. The zero-order valence-electron chi connectivity index (χ0n) is 30.2. The molecule has 2 unspecified atom stereocenters. The average molecular weight is 701 g/mol. The van der Waals surface area contributed by atoms with E-state index >= 15 is 0 Å². The lowest BCUT2D eigenvalue weighted by molar-refractivity contribution is -0.0850. The van der Waals surface area contributed by atoms with Gasteiger partial charge in [-0.1, -0.05) is 12.1 Å². The fraction of sp³-hybridized carbons (Fsp3) is 0.579. The van der Waals surface area contributed by atoms with Gasteiger partial charge in [0.25, 0.3) is 11.8 Å². The van der Waals surface area contributed by atoms with Crippen LogP contribution < -0.4 is 0 Å². The maximum atomic E-state index is 14.8. The number of nitrogens with zero attached hydrogens (tertiary/aromatic N) is 4. The van der Waals surface area contributed by atoms with E-state index in [1.807, 2.05) is 38.1 Å². The molecule has 2 atom stereocenters. The molecule has 8 nitrogen and oxygen atoms in total. The van der Waals surface area contributed by atoms with Crippen LogP contribution in [0.25, 0.3) is 0 Å². The van der Waals surface area contributed by atoms with Crippen LogP contribution in [0.1, 0.15) is 111 Å². The summed E-state index contributed by atoms with van der Waals surface area (Å²) >= 11 is 0. The largest absolute Gasteiger partial charge is 0.444 e. The van der Waals surface area contributed by atoms with Gasteiger partial charge in [0, 0.05) is 25.5 Å². The third-order valence-electron chi connectivity index (χ3n) is 9.29. The number of piperidine rings is 2. The fourth-order valence-electron chi connectivity index (χ4n) is 6.95. The predicted octanol–water partition coefficient (Wildman–Crippen LogP) is 8.57. The molecule has 0 aliphatic carbocycles. The Balaban J connectivity index is 0.000000194. The van der Waals surface area contributed by atoms with Crippen molar-refractivity contribution in [1.29, 1.82) is 0 Å². The number of amides is 2. The zero-order valence-corrected chi connectivity index (χ0v) is 30.2. The molecule has 0 saturated carbocycles. The number of aliphatic imine (C=N–C) groups is 2. The van der Waals surface area contributed by atoms with Gasteiger partial charge < -0.3 is 19.3 Å². The molecule has 2 amide bonds. The number of aryl methyl sites for hydroxylation is 2. The first-order chi connectivity index (χ1) is 23.1. The van der Waals surface area contributed by atoms with Crippen molar-refractivity contribution in [3.8, 4) is 0 Å². The first-order valence-corrected chi connectivity index (χ1v) is 17.1. The number of fused-ring (bicyclic) bond motifs is 2.